The number of ether oxygens (including phenoxy) is 1. The maximum atomic E-state index is 5.45. The van der Waals surface area contributed by atoms with E-state index in [0.29, 0.717) is 6.10 Å². The van der Waals surface area contributed by atoms with Crippen molar-refractivity contribution >= 4 is 0 Å². The Morgan fingerprint density at radius 2 is 1.92 bits per heavy atom. The molecule has 1 fully saturated rings. The Labute approximate surface area is 82.9 Å². The highest BCUT2D eigenvalue weighted by atomic mass is 16.5. The van der Waals surface area contributed by atoms with Crippen molar-refractivity contribution in [2.75, 3.05) is 7.11 Å². The maximum Gasteiger partial charge on any atom is 0.0571 e. The van der Waals surface area contributed by atoms with Crippen LogP contribution in [0.25, 0.3) is 0 Å². The van der Waals surface area contributed by atoms with Crippen LogP contribution in [0.4, 0.5) is 0 Å². The summed E-state index contributed by atoms with van der Waals surface area (Å²) in [6.07, 6.45) is 11.6. The summed E-state index contributed by atoms with van der Waals surface area (Å²) >= 11 is 0. The lowest BCUT2D eigenvalue weighted by molar-refractivity contribution is 0.0815. The first kappa shape index (κ1) is 11.0. The summed E-state index contributed by atoms with van der Waals surface area (Å²) in [5, 5.41) is 0. The molecule has 0 radical (unpaired) electrons. The van der Waals surface area contributed by atoms with Crippen LogP contribution in [-0.2, 0) is 4.74 Å². The van der Waals surface area contributed by atoms with E-state index < -0.39 is 0 Å². The van der Waals surface area contributed by atoms with E-state index in [4.69, 9.17) is 4.74 Å². The van der Waals surface area contributed by atoms with Gasteiger partial charge in [-0.05, 0) is 25.2 Å². The van der Waals surface area contributed by atoms with Gasteiger partial charge in [0.2, 0.25) is 0 Å². The van der Waals surface area contributed by atoms with Gasteiger partial charge in [-0.3, -0.25) is 0 Å². The average molecular weight is 184 g/mol. The van der Waals surface area contributed by atoms with E-state index in [-0.39, 0.29) is 0 Å². The predicted octanol–water partition coefficient (Wildman–Crippen LogP) is 3.77. The van der Waals surface area contributed by atoms with Gasteiger partial charge in [0.25, 0.3) is 0 Å². The molecule has 0 amide bonds. The Morgan fingerprint density at radius 3 is 2.46 bits per heavy atom. The molecule has 0 spiro atoms. The third-order valence-electron chi connectivity index (χ3n) is 3.32. The van der Waals surface area contributed by atoms with Crippen molar-refractivity contribution in [2.45, 2.75) is 64.4 Å². The van der Waals surface area contributed by atoms with Crippen molar-refractivity contribution in [2.24, 2.45) is 5.92 Å². The molecule has 0 aliphatic heterocycles. The molecule has 0 aromatic heterocycles. The van der Waals surface area contributed by atoms with Crippen LogP contribution < -0.4 is 0 Å². The van der Waals surface area contributed by atoms with Crippen molar-refractivity contribution in [3.63, 3.8) is 0 Å². The molecule has 0 N–H and O–H groups in total. The lowest BCUT2D eigenvalue weighted by Crippen LogP contribution is -2.11. The van der Waals surface area contributed by atoms with Gasteiger partial charge in [-0.1, -0.05) is 39.0 Å². The molecule has 1 unspecified atom stereocenters. The average Bonchev–Trinajstić information content (AvgIpc) is 2.64. The first-order valence-electron chi connectivity index (χ1n) is 5.89. The summed E-state index contributed by atoms with van der Waals surface area (Å²) < 4.78 is 5.45. The van der Waals surface area contributed by atoms with Gasteiger partial charge < -0.3 is 4.74 Å². The van der Waals surface area contributed by atoms with Crippen molar-refractivity contribution in [3.05, 3.63) is 0 Å². The molecule has 78 valence electrons. The van der Waals surface area contributed by atoms with Gasteiger partial charge in [-0.15, -0.1) is 0 Å². The Bertz CT molecular complexity index is 116. The summed E-state index contributed by atoms with van der Waals surface area (Å²) in [6.45, 7) is 2.24. The van der Waals surface area contributed by atoms with E-state index in [1.54, 1.807) is 0 Å². The Kier molecular flexibility index (Phi) is 5.45. The molecule has 0 heterocycles. The minimum atomic E-state index is 0.533. The summed E-state index contributed by atoms with van der Waals surface area (Å²) in [5.74, 6) is 1.02. The van der Waals surface area contributed by atoms with Crippen molar-refractivity contribution in [1.29, 1.82) is 0 Å². The largest absolute Gasteiger partial charge is 0.381 e. The Morgan fingerprint density at radius 1 is 1.23 bits per heavy atom. The van der Waals surface area contributed by atoms with Crippen LogP contribution in [0.1, 0.15) is 58.3 Å². The van der Waals surface area contributed by atoms with E-state index in [1.807, 2.05) is 7.11 Å². The summed E-state index contributed by atoms with van der Waals surface area (Å²) in [6, 6.07) is 0. The second-order valence-electron chi connectivity index (χ2n) is 4.37. The van der Waals surface area contributed by atoms with E-state index in [9.17, 15) is 0 Å². The highest BCUT2D eigenvalue weighted by Gasteiger charge is 2.16. The fourth-order valence-electron chi connectivity index (χ4n) is 2.42. The highest BCUT2D eigenvalue weighted by molar-refractivity contribution is 4.69. The van der Waals surface area contributed by atoms with Crippen LogP contribution in [-0.4, -0.2) is 13.2 Å². The minimum absolute atomic E-state index is 0.533. The van der Waals surface area contributed by atoms with Gasteiger partial charge >= 0.3 is 0 Å². The Balaban J connectivity index is 2.07. The quantitative estimate of drug-likeness (QED) is 0.610. The van der Waals surface area contributed by atoms with Crippen LogP contribution in [0.2, 0.25) is 0 Å². The van der Waals surface area contributed by atoms with Crippen LogP contribution in [0, 0.1) is 5.92 Å². The summed E-state index contributed by atoms with van der Waals surface area (Å²) in [5.41, 5.74) is 0. The van der Waals surface area contributed by atoms with Crippen LogP contribution in [0.3, 0.4) is 0 Å². The first-order valence-corrected chi connectivity index (χ1v) is 5.89. The van der Waals surface area contributed by atoms with Gasteiger partial charge in [0.1, 0.15) is 0 Å². The van der Waals surface area contributed by atoms with E-state index in [2.05, 4.69) is 6.92 Å². The van der Waals surface area contributed by atoms with Gasteiger partial charge in [0, 0.05) is 7.11 Å². The van der Waals surface area contributed by atoms with E-state index in [1.165, 1.54) is 51.4 Å². The zero-order valence-electron chi connectivity index (χ0n) is 9.22. The Hall–Kier alpha value is -0.0400. The van der Waals surface area contributed by atoms with Crippen molar-refractivity contribution in [3.8, 4) is 0 Å². The maximum absolute atomic E-state index is 5.45. The standard InChI is InChI=1S/C12H24O/c1-3-6-12(13-2)10-9-11-7-4-5-8-11/h11-12H,3-10H2,1-2H3. The van der Waals surface area contributed by atoms with E-state index in [0.717, 1.165) is 5.92 Å². The zero-order chi connectivity index (χ0) is 9.52. The van der Waals surface area contributed by atoms with Crippen molar-refractivity contribution in [1.82, 2.24) is 0 Å². The third-order valence-corrected chi connectivity index (χ3v) is 3.32. The van der Waals surface area contributed by atoms with Crippen LogP contribution >= 0.6 is 0 Å². The number of hydrogen-bond acceptors (Lipinski definition) is 1. The highest BCUT2D eigenvalue weighted by Crippen LogP contribution is 2.29. The number of methoxy groups -OCH3 is 1. The van der Waals surface area contributed by atoms with Gasteiger partial charge in [-0.25, -0.2) is 0 Å². The van der Waals surface area contributed by atoms with Crippen LogP contribution in [0.15, 0.2) is 0 Å². The van der Waals surface area contributed by atoms with Gasteiger partial charge in [-0.2, -0.15) is 0 Å². The first-order chi connectivity index (χ1) is 6.36. The molecule has 13 heavy (non-hydrogen) atoms. The second kappa shape index (κ2) is 6.42. The molecule has 1 aliphatic carbocycles. The molecule has 1 saturated carbocycles. The third kappa shape index (κ3) is 4.12. The molecule has 0 bridgehead atoms. The molecule has 0 aromatic rings. The molecular formula is C12H24O. The molecule has 0 saturated heterocycles. The lowest BCUT2D eigenvalue weighted by atomic mass is 9.98. The molecule has 0 aromatic carbocycles. The van der Waals surface area contributed by atoms with E-state index >= 15 is 0 Å². The molecule has 1 heteroatoms. The fraction of sp³-hybridized carbons (Fsp3) is 1.00. The fourth-order valence-corrected chi connectivity index (χ4v) is 2.42. The SMILES string of the molecule is CCCC(CCC1CCCC1)OC. The van der Waals surface area contributed by atoms with Crippen LogP contribution in [0.5, 0.6) is 0 Å². The van der Waals surface area contributed by atoms with Gasteiger partial charge in [0.15, 0.2) is 0 Å². The topological polar surface area (TPSA) is 9.23 Å². The molecular weight excluding hydrogens is 160 g/mol. The molecule has 1 rings (SSSR count). The van der Waals surface area contributed by atoms with Gasteiger partial charge in [0.05, 0.1) is 6.10 Å². The minimum Gasteiger partial charge on any atom is -0.381 e. The zero-order valence-corrected chi connectivity index (χ0v) is 9.22. The predicted molar refractivity (Wildman–Crippen MR) is 56.9 cm³/mol. The molecule has 1 nitrogen and oxygen atoms in total. The summed E-state index contributed by atoms with van der Waals surface area (Å²) in [4.78, 5) is 0. The smallest absolute Gasteiger partial charge is 0.0571 e. The normalized spacial score (nSPS) is 20.8. The van der Waals surface area contributed by atoms with Crippen molar-refractivity contribution < 1.29 is 4.74 Å². The number of rotatable bonds is 6. The summed E-state index contributed by atoms with van der Waals surface area (Å²) in [7, 11) is 1.86. The molecule has 1 atom stereocenters. The molecule has 1 aliphatic rings. The lowest BCUT2D eigenvalue weighted by Gasteiger charge is -2.16. The number of hydrogen-bond donors (Lipinski definition) is 0. The monoisotopic (exact) mass is 184 g/mol. The second-order valence-corrected chi connectivity index (χ2v) is 4.37.